The Labute approximate surface area is 152 Å². The molecular formula is C20H23N3O3. The Balaban J connectivity index is 2.10. The third-order valence-corrected chi connectivity index (χ3v) is 4.09. The molecule has 0 bridgehead atoms. The molecule has 0 aliphatic heterocycles. The molecule has 3 rings (SSSR count). The predicted octanol–water partition coefficient (Wildman–Crippen LogP) is 2.47. The SMILES string of the molecule is COc1ccccc1-n1c(COCCN(C)C)nc2ccccc2c1=O. The molecule has 0 fully saturated rings. The molecule has 26 heavy (non-hydrogen) atoms. The topological polar surface area (TPSA) is 56.6 Å². The van der Waals surface area contributed by atoms with Crippen LogP contribution in [0.2, 0.25) is 0 Å². The van der Waals surface area contributed by atoms with Gasteiger partial charge in [0.1, 0.15) is 18.2 Å². The van der Waals surface area contributed by atoms with E-state index < -0.39 is 0 Å². The highest BCUT2D eigenvalue weighted by molar-refractivity contribution is 5.78. The summed E-state index contributed by atoms with van der Waals surface area (Å²) in [4.78, 5) is 19.9. The van der Waals surface area contributed by atoms with E-state index >= 15 is 0 Å². The van der Waals surface area contributed by atoms with E-state index in [4.69, 9.17) is 9.47 Å². The molecule has 1 heterocycles. The zero-order valence-corrected chi connectivity index (χ0v) is 15.3. The number of ether oxygens (including phenoxy) is 2. The lowest BCUT2D eigenvalue weighted by Crippen LogP contribution is -2.25. The molecule has 0 aliphatic carbocycles. The normalized spacial score (nSPS) is 11.2. The van der Waals surface area contributed by atoms with Crippen molar-refractivity contribution in [2.45, 2.75) is 6.61 Å². The van der Waals surface area contributed by atoms with Crippen LogP contribution in [0.25, 0.3) is 16.6 Å². The number of hydrogen-bond donors (Lipinski definition) is 0. The summed E-state index contributed by atoms with van der Waals surface area (Å²) in [6.07, 6.45) is 0. The van der Waals surface area contributed by atoms with Crippen molar-refractivity contribution in [2.75, 3.05) is 34.4 Å². The van der Waals surface area contributed by atoms with E-state index in [1.54, 1.807) is 17.7 Å². The van der Waals surface area contributed by atoms with Crippen LogP contribution < -0.4 is 10.3 Å². The van der Waals surface area contributed by atoms with Gasteiger partial charge in [-0.15, -0.1) is 0 Å². The highest BCUT2D eigenvalue weighted by Crippen LogP contribution is 2.23. The zero-order chi connectivity index (χ0) is 18.5. The van der Waals surface area contributed by atoms with Crippen molar-refractivity contribution in [3.05, 3.63) is 64.7 Å². The summed E-state index contributed by atoms with van der Waals surface area (Å²) in [5.74, 6) is 1.16. The number of hydrogen-bond acceptors (Lipinski definition) is 5. The quantitative estimate of drug-likeness (QED) is 0.611. The predicted molar refractivity (Wildman–Crippen MR) is 102 cm³/mol. The standard InChI is InChI=1S/C20H23N3O3/c1-22(2)12-13-26-14-19-21-16-9-5-4-8-15(16)20(24)23(19)17-10-6-7-11-18(17)25-3/h4-11H,12-14H2,1-3H3. The number of methoxy groups -OCH3 is 1. The van der Waals surface area contributed by atoms with E-state index in [1.165, 1.54) is 0 Å². The monoisotopic (exact) mass is 353 g/mol. The molecular weight excluding hydrogens is 330 g/mol. The van der Waals surface area contributed by atoms with Gasteiger partial charge in [-0.25, -0.2) is 4.98 Å². The average molecular weight is 353 g/mol. The maximum absolute atomic E-state index is 13.2. The second-order valence-electron chi connectivity index (χ2n) is 6.21. The van der Waals surface area contributed by atoms with Crippen molar-refractivity contribution >= 4 is 10.9 Å². The van der Waals surface area contributed by atoms with Crippen molar-refractivity contribution < 1.29 is 9.47 Å². The van der Waals surface area contributed by atoms with Crippen LogP contribution in [0.4, 0.5) is 0 Å². The molecule has 0 aliphatic rings. The lowest BCUT2D eigenvalue weighted by atomic mass is 10.2. The van der Waals surface area contributed by atoms with Gasteiger partial charge in [-0.2, -0.15) is 0 Å². The second kappa shape index (κ2) is 8.12. The fourth-order valence-electron chi connectivity index (χ4n) is 2.75. The first-order chi connectivity index (χ1) is 12.6. The first kappa shape index (κ1) is 18.1. The van der Waals surface area contributed by atoms with Crippen molar-refractivity contribution in [3.63, 3.8) is 0 Å². The van der Waals surface area contributed by atoms with E-state index in [1.807, 2.05) is 61.5 Å². The van der Waals surface area contributed by atoms with Crippen LogP contribution in [0.3, 0.4) is 0 Å². The van der Waals surface area contributed by atoms with Crippen molar-refractivity contribution in [1.82, 2.24) is 14.5 Å². The van der Waals surface area contributed by atoms with E-state index in [9.17, 15) is 4.79 Å². The molecule has 136 valence electrons. The summed E-state index contributed by atoms with van der Waals surface area (Å²) in [6, 6.07) is 14.8. The number of likely N-dealkylation sites (N-methyl/N-ethyl adjacent to an activating group) is 1. The van der Waals surface area contributed by atoms with Crippen LogP contribution in [0.15, 0.2) is 53.3 Å². The van der Waals surface area contributed by atoms with Gasteiger partial charge in [0, 0.05) is 6.54 Å². The van der Waals surface area contributed by atoms with Gasteiger partial charge in [0.25, 0.3) is 5.56 Å². The van der Waals surface area contributed by atoms with Crippen LogP contribution in [0, 0.1) is 0 Å². The van der Waals surface area contributed by atoms with Gasteiger partial charge in [-0.05, 0) is 38.4 Å². The Hall–Kier alpha value is -2.70. The Morgan fingerprint density at radius 2 is 1.81 bits per heavy atom. The molecule has 0 N–H and O–H groups in total. The lowest BCUT2D eigenvalue weighted by Gasteiger charge is -2.16. The van der Waals surface area contributed by atoms with E-state index in [-0.39, 0.29) is 12.2 Å². The van der Waals surface area contributed by atoms with Gasteiger partial charge in [-0.3, -0.25) is 9.36 Å². The van der Waals surface area contributed by atoms with Crippen molar-refractivity contribution in [1.29, 1.82) is 0 Å². The molecule has 0 amide bonds. The molecule has 0 spiro atoms. The van der Waals surface area contributed by atoms with Crippen LogP contribution >= 0.6 is 0 Å². The van der Waals surface area contributed by atoms with Gasteiger partial charge in [0.15, 0.2) is 0 Å². The second-order valence-corrected chi connectivity index (χ2v) is 6.21. The summed E-state index contributed by atoms with van der Waals surface area (Å²) in [7, 11) is 5.57. The maximum atomic E-state index is 13.2. The van der Waals surface area contributed by atoms with Gasteiger partial charge >= 0.3 is 0 Å². The molecule has 1 aromatic heterocycles. The third kappa shape index (κ3) is 3.76. The van der Waals surface area contributed by atoms with Crippen molar-refractivity contribution in [2.24, 2.45) is 0 Å². The van der Waals surface area contributed by atoms with Crippen LogP contribution in [0.1, 0.15) is 5.82 Å². The Bertz CT molecular complexity index is 950. The van der Waals surface area contributed by atoms with Crippen LogP contribution in [-0.4, -0.2) is 48.8 Å². The smallest absolute Gasteiger partial charge is 0.266 e. The highest BCUT2D eigenvalue weighted by atomic mass is 16.5. The van der Waals surface area contributed by atoms with E-state index in [2.05, 4.69) is 4.98 Å². The molecule has 0 atom stereocenters. The number of benzene rings is 2. The minimum Gasteiger partial charge on any atom is -0.495 e. The van der Waals surface area contributed by atoms with E-state index in [0.717, 1.165) is 6.54 Å². The zero-order valence-electron chi connectivity index (χ0n) is 15.3. The fourth-order valence-corrected chi connectivity index (χ4v) is 2.75. The molecule has 0 saturated heterocycles. The average Bonchev–Trinajstić information content (AvgIpc) is 2.65. The summed E-state index contributed by atoms with van der Waals surface area (Å²) in [5, 5.41) is 0.565. The van der Waals surface area contributed by atoms with Gasteiger partial charge < -0.3 is 14.4 Å². The first-order valence-corrected chi connectivity index (χ1v) is 8.48. The molecule has 6 heteroatoms. The number of fused-ring (bicyclic) bond motifs is 1. The Morgan fingerprint density at radius 1 is 1.08 bits per heavy atom. The number of aromatic nitrogens is 2. The van der Waals surface area contributed by atoms with Crippen LogP contribution in [-0.2, 0) is 11.3 Å². The van der Waals surface area contributed by atoms with Crippen molar-refractivity contribution in [3.8, 4) is 11.4 Å². The Kier molecular flexibility index (Phi) is 5.65. The van der Waals surface area contributed by atoms with Gasteiger partial charge in [-0.1, -0.05) is 24.3 Å². The maximum Gasteiger partial charge on any atom is 0.266 e. The molecule has 3 aromatic rings. The van der Waals surface area contributed by atoms with Crippen LogP contribution in [0.5, 0.6) is 5.75 Å². The lowest BCUT2D eigenvalue weighted by molar-refractivity contribution is 0.0991. The third-order valence-electron chi connectivity index (χ3n) is 4.09. The summed E-state index contributed by atoms with van der Waals surface area (Å²) in [6.45, 7) is 1.60. The molecule has 6 nitrogen and oxygen atoms in total. The summed E-state index contributed by atoms with van der Waals surface area (Å²) in [5.41, 5.74) is 1.19. The number of rotatable bonds is 7. The van der Waals surface area contributed by atoms with Gasteiger partial charge in [0.05, 0.1) is 30.3 Å². The molecule has 0 radical (unpaired) electrons. The minimum absolute atomic E-state index is 0.133. The number of para-hydroxylation sites is 3. The van der Waals surface area contributed by atoms with E-state index in [0.29, 0.717) is 34.8 Å². The fraction of sp³-hybridized carbons (Fsp3) is 0.300. The molecule has 0 unspecified atom stereocenters. The highest BCUT2D eigenvalue weighted by Gasteiger charge is 2.15. The van der Waals surface area contributed by atoms with Gasteiger partial charge in [0.2, 0.25) is 0 Å². The Morgan fingerprint density at radius 3 is 2.58 bits per heavy atom. The summed E-state index contributed by atoms with van der Waals surface area (Å²) < 4.78 is 12.8. The first-order valence-electron chi connectivity index (χ1n) is 8.48. The molecule has 2 aromatic carbocycles. The molecule has 0 saturated carbocycles. The number of nitrogens with zero attached hydrogens (tertiary/aromatic N) is 3. The summed E-state index contributed by atoms with van der Waals surface area (Å²) >= 11 is 0. The largest absolute Gasteiger partial charge is 0.495 e. The minimum atomic E-state index is -0.133.